The lowest BCUT2D eigenvalue weighted by molar-refractivity contribution is -0.129. The number of rotatable bonds is 4. The molecule has 0 unspecified atom stereocenters. The Hall–Kier alpha value is -3.41. The third-order valence-corrected chi connectivity index (χ3v) is 6.31. The van der Waals surface area contributed by atoms with Crippen LogP contribution in [0.2, 0.25) is 0 Å². The second-order valence-electron chi connectivity index (χ2n) is 8.13. The summed E-state index contributed by atoms with van der Waals surface area (Å²) in [5, 5.41) is 0. The molecule has 152 valence electrons. The number of amides is 2. The molecule has 3 aromatic rings. The molecule has 1 fully saturated rings. The Morgan fingerprint density at radius 3 is 2.70 bits per heavy atom. The fraction of sp³-hybridized carbons (Fsp3) is 0.292. The zero-order valence-electron chi connectivity index (χ0n) is 16.9. The number of likely N-dealkylation sites (tertiary alicyclic amines) is 1. The van der Waals surface area contributed by atoms with Crippen molar-refractivity contribution in [3.05, 3.63) is 89.5 Å². The molecule has 0 saturated carbocycles. The first-order valence-electron chi connectivity index (χ1n) is 10.3. The fourth-order valence-corrected chi connectivity index (χ4v) is 4.68. The molecule has 2 atom stereocenters. The van der Waals surface area contributed by atoms with Crippen molar-refractivity contribution in [3.8, 4) is 0 Å². The van der Waals surface area contributed by atoms with Gasteiger partial charge in [0.2, 0.25) is 5.91 Å². The van der Waals surface area contributed by atoms with Gasteiger partial charge in [-0.2, -0.15) is 0 Å². The first kappa shape index (κ1) is 18.6. The van der Waals surface area contributed by atoms with E-state index in [4.69, 9.17) is 0 Å². The average molecular weight is 400 g/mol. The molecule has 1 saturated heterocycles. The number of aromatic nitrogens is 2. The fourth-order valence-electron chi connectivity index (χ4n) is 4.68. The predicted octanol–water partition coefficient (Wildman–Crippen LogP) is 2.84. The maximum atomic E-state index is 13.2. The second kappa shape index (κ2) is 7.44. The van der Waals surface area contributed by atoms with Crippen LogP contribution in [0.1, 0.15) is 33.2 Å². The number of carbonyl (C=O) groups is 2. The van der Waals surface area contributed by atoms with Gasteiger partial charge >= 0.3 is 0 Å². The van der Waals surface area contributed by atoms with Crippen LogP contribution in [0.15, 0.2) is 67.1 Å². The topological polar surface area (TPSA) is 58.4 Å². The Labute approximate surface area is 175 Å². The molecule has 0 N–H and O–H groups in total. The van der Waals surface area contributed by atoms with E-state index in [0.717, 1.165) is 16.7 Å². The van der Waals surface area contributed by atoms with Gasteiger partial charge in [0.1, 0.15) is 5.69 Å². The molecule has 0 bridgehead atoms. The number of aryl methyl sites for hydroxylation is 1. The highest BCUT2D eigenvalue weighted by atomic mass is 16.2. The molecule has 6 heteroatoms. The largest absolute Gasteiger partial charge is 0.338 e. The summed E-state index contributed by atoms with van der Waals surface area (Å²) in [6, 6.07) is 15.7. The molecule has 4 heterocycles. The number of carbonyl (C=O) groups excluding carboxylic acids is 2. The van der Waals surface area contributed by atoms with Gasteiger partial charge in [0.15, 0.2) is 0 Å². The van der Waals surface area contributed by atoms with E-state index in [2.05, 4.69) is 4.98 Å². The van der Waals surface area contributed by atoms with E-state index in [0.29, 0.717) is 31.7 Å². The van der Waals surface area contributed by atoms with E-state index in [1.54, 1.807) is 12.4 Å². The molecule has 2 amide bonds. The van der Waals surface area contributed by atoms with Gasteiger partial charge < -0.3 is 14.4 Å². The molecule has 5 rings (SSSR count). The van der Waals surface area contributed by atoms with E-state index in [1.807, 2.05) is 76.0 Å². The van der Waals surface area contributed by atoms with Crippen LogP contribution in [-0.2, 0) is 17.8 Å². The minimum atomic E-state index is -0.0431. The lowest BCUT2D eigenvalue weighted by atomic mass is 10.0. The summed E-state index contributed by atoms with van der Waals surface area (Å²) >= 11 is 0. The van der Waals surface area contributed by atoms with Gasteiger partial charge in [0.25, 0.3) is 5.91 Å². The molecule has 2 aromatic heterocycles. The van der Waals surface area contributed by atoms with Crippen molar-refractivity contribution in [2.75, 3.05) is 13.1 Å². The molecule has 0 aliphatic carbocycles. The summed E-state index contributed by atoms with van der Waals surface area (Å²) in [6.45, 7) is 3.71. The molecule has 30 heavy (non-hydrogen) atoms. The van der Waals surface area contributed by atoms with Crippen LogP contribution in [0.5, 0.6) is 0 Å². The first-order chi connectivity index (χ1) is 14.6. The first-order valence-corrected chi connectivity index (χ1v) is 10.3. The number of benzene rings is 1. The normalized spacial score (nSPS) is 20.2. The monoisotopic (exact) mass is 400 g/mol. The summed E-state index contributed by atoms with van der Waals surface area (Å²) in [6.07, 6.45) is 5.88. The zero-order chi connectivity index (χ0) is 20.7. The van der Waals surface area contributed by atoms with E-state index in [9.17, 15) is 9.59 Å². The molecular weight excluding hydrogens is 376 g/mol. The maximum Gasteiger partial charge on any atom is 0.271 e. The standard InChI is InChI=1S/C24H24N4O2/c1-17-6-2-3-8-19(17)12-23(29)26-15-21-22(16-26)28(14-18-7-4-10-25-13-18)24(30)20-9-5-11-27(20)21/h2-11,13,21-22H,12,14-16H2,1H3/t21-,22+/m0/s1. The number of nitrogens with zero attached hydrogens (tertiary/aromatic N) is 4. The van der Waals surface area contributed by atoms with Crippen LogP contribution in [0.4, 0.5) is 0 Å². The van der Waals surface area contributed by atoms with E-state index < -0.39 is 0 Å². The van der Waals surface area contributed by atoms with Crippen LogP contribution < -0.4 is 0 Å². The number of hydrogen-bond donors (Lipinski definition) is 0. The lowest BCUT2D eigenvalue weighted by Gasteiger charge is -2.38. The Morgan fingerprint density at radius 1 is 1.07 bits per heavy atom. The highest BCUT2D eigenvalue weighted by Crippen LogP contribution is 2.35. The van der Waals surface area contributed by atoms with E-state index in [1.165, 1.54) is 0 Å². The number of pyridine rings is 1. The van der Waals surface area contributed by atoms with Crippen molar-refractivity contribution in [2.24, 2.45) is 0 Å². The quantitative estimate of drug-likeness (QED) is 0.677. The van der Waals surface area contributed by atoms with Crippen molar-refractivity contribution in [2.45, 2.75) is 32.0 Å². The van der Waals surface area contributed by atoms with Crippen LogP contribution in [-0.4, -0.2) is 50.3 Å². The zero-order valence-corrected chi connectivity index (χ0v) is 16.9. The van der Waals surface area contributed by atoms with Crippen LogP contribution >= 0.6 is 0 Å². The molecule has 6 nitrogen and oxygen atoms in total. The smallest absolute Gasteiger partial charge is 0.271 e. The summed E-state index contributed by atoms with van der Waals surface area (Å²) < 4.78 is 2.05. The number of hydrogen-bond acceptors (Lipinski definition) is 3. The summed E-state index contributed by atoms with van der Waals surface area (Å²) in [4.78, 5) is 34.3. The maximum absolute atomic E-state index is 13.2. The number of fused-ring (bicyclic) bond motifs is 3. The van der Waals surface area contributed by atoms with Crippen molar-refractivity contribution >= 4 is 11.8 Å². The Kier molecular flexibility index (Phi) is 4.62. The van der Waals surface area contributed by atoms with Gasteiger partial charge in [-0.15, -0.1) is 0 Å². The van der Waals surface area contributed by atoms with Crippen molar-refractivity contribution in [3.63, 3.8) is 0 Å². The minimum absolute atomic E-state index is 0.0123. The Balaban J connectivity index is 1.41. The Bertz CT molecular complexity index is 1090. The lowest BCUT2D eigenvalue weighted by Crippen LogP contribution is -2.49. The van der Waals surface area contributed by atoms with Gasteiger partial charge in [-0.25, -0.2) is 0 Å². The SMILES string of the molecule is Cc1ccccc1CC(=O)N1C[C@@H]2[C@H](C1)n1cccc1C(=O)N2Cc1cccnc1. The van der Waals surface area contributed by atoms with Crippen molar-refractivity contribution in [1.29, 1.82) is 0 Å². The van der Waals surface area contributed by atoms with Gasteiger partial charge in [0, 0.05) is 38.2 Å². The molecule has 0 radical (unpaired) electrons. The summed E-state index contributed by atoms with van der Waals surface area (Å²) in [5.41, 5.74) is 3.87. The van der Waals surface area contributed by atoms with Gasteiger partial charge in [-0.1, -0.05) is 30.3 Å². The van der Waals surface area contributed by atoms with Crippen molar-refractivity contribution in [1.82, 2.24) is 19.4 Å². The molecule has 2 aliphatic heterocycles. The second-order valence-corrected chi connectivity index (χ2v) is 8.13. The van der Waals surface area contributed by atoms with Crippen LogP contribution in [0.25, 0.3) is 0 Å². The van der Waals surface area contributed by atoms with E-state index in [-0.39, 0.29) is 23.9 Å². The molecule has 1 aromatic carbocycles. The average Bonchev–Trinajstić information content (AvgIpc) is 3.41. The third-order valence-electron chi connectivity index (χ3n) is 6.31. The van der Waals surface area contributed by atoms with Gasteiger partial charge in [-0.3, -0.25) is 14.6 Å². The van der Waals surface area contributed by atoms with Gasteiger partial charge in [-0.05, 0) is 41.8 Å². The highest BCUT2D eigenvalue weighted by molar-refractivity contribution is 5.94. The molecule has 2 aliphatic rings. The molecular formula is C24H24N4O2. The summed E-state index contributed by atoms with van der Waals surface area (Å²) in [7, 11) is 0. The Morgan fingerprint density at radius 2 is 1.90 bits per heavy atom. The minimum Gasteiger partial charge on any atom is -0.338 e. The van der Waals surface area contributed by atoms with Crippen LogP contribution in [0.3, 0.4) is 0 Å². The van der Waals surface area contributed by atoms with E-state index >= 15 is 0 Å². The van der Waals surface area contributed by atoms with Crippen LogP contribution in [0, 0.1) is 6.92 Å². The molecule has 0 spiro atoms. The third kappa shape index (κ3) is 3.18. The predicted molar refractivity (Wildman–Crippen MR) is 113 cm³/mol. The van der Waals surface area contributed by atoms with Crippen molar-refractivity contribution < 1.29 is 9.59 Å². The summed E-state index contributed by atoms with van der Waals surface area (Å²) in [5.74, 6) is 0.125. The highest BCUT2D eigenvalue weighted by Gasteiger charge is 2.46. The van der Waals surface area contributed by atoms with Gasteiger partial charge in [0.05, 0.1) is 18.5 Å².